The van der Waals surface area contributed by atoms with Crippen LogP contribution in [-0.4, -0.2) is 29.2 Å². The quantitative estimate of drug-likeness (QED) is 0.618. The van der Waals surface area contributed by atoms with Crippen LogP contribution in [0.15, 0.2) is 60.7 Å². The highest BCUT2D eigenvalue weighted by Crippen LogP contribution is 2.44. The van der Waals surface area contributed by atoms with Gasteiger partial charge in [0.2, 0.25) is 11.8 Å². The lowest BCUT2D eigenvalue weighted by Crippen LogP contribution is -2.59. The predicted octanol–water partition coefficient (Wildman–Crippen LogP) is 4.77. The van der Waals surface area contributed by atoms with Crippen LogP contribution in [0.3, 0.4) is 0 Å². The highest BCUT2D eigenvalue weighted by Gasteiger charge is 2.42. The van der Waals surface area contributed by atoms with E-state index in [0.29, 0.717) is 28.7 Å². The van der Waals surface area contributed by atoms with Gasteiger partial charge in [0.25, 0.3) is 5.91 Å². The summed E-state index contributed by atoms with van der Waals surface area (Å²) >= 11 is 3.88. The molecule has 2 aromatic carbocycles. The van der Waals surface area contributed by atoms with E-state index < -0.39 is 0 Å². The molecule has 2 aliphatic heterocycles. The summed E-state index contributed by atoms with van der Waals surface area (Å²) in [6, 6.07) is 14.8. The highest BCUT2D eigenvalue weighted by molar-refractivity contribution is 8.16. The molecule has 2 saturated heterocycles. The summed E-state index contributed by atoms with van der Waals surface area (Å²) in [6.07, 6.45) is 6.28. The molecule has 5 rings (SSSR count). The van der Waals surface area contributed by atoms with Gasteiger partial charge in [-0.2, -0.15) is 0 Å². The maximum Gasteiger partial charge on any atom is 0.255 e. The lowest BCUT2D eigenvalue weighted by atomic mass is 9.80. The van der Waals surface area contributed by atoms with Crippen LogP contribution in [0.1, 0.15) is 39.8 Å². The Morgan fingerprint density at radius 2 is 1.73 bits per heavy atom. The van der Waals surface area contributed by atoms with E-state index in [2.05, 4.69) is 16.8 Å². The number of carbonyl (C=O) groups excluding carboxylic acids is 3. The molecular formula is C25H25N3O3S2. The molecule has 3 aliphatic rings. The molecular weight excluding hydrogens is 454 g/mol. The SMILES string of the molecule is O=C(Nc1cccc(C2SCCCS2)c1)c1cccc(N2NC(=O)C3CC=CCC3C2=O)c1. The summed E-state index contributed by atoms with van der Waals surface area (Å²) in [6.45, 7) is 0. The Morgan fingerprint density at radius 1 is 0.970 bits per heavy atom. The number of carbonyl (C=O) groups is 3. The van der Waals surface area contributed by atoms with Crippen molar-refractivity contribution in [2.75, 3.05) is 21.8 Å². The zero-order valence-corrected chi connectivity index (χ0v) is 19.7. The van der Waals surface area contributed by atoms with Crippen molar-refractivity contribution in [1.29, 1.82) is 0 Å². The van der Waals surface area contributed by atoms with E-state index in [1.807, 2.05) is 53.9 Å². The third-order valence-electron chi connectivity index (χ3n) is 6.14. The molecule has 2 aromatic rings. The number of benzene rings is 2. The van der Waals surface area contributed by atoms with Crippen LogP contribution in [-0.2, 0) is 9.59 Å². The first kappa shape index (κ1) is 22.1. The summed E-state index contributed by atoms with van der Waals surface area (Å²) < 4.78 is 0.395. The molecule has 0 aromatic heterocycles. The van der Waals surface area contributed by atoms with Crippen molar-refractivity contribution in [2.45, 2.75) is 23.8 Å². The van der Waals surface area contributed by atoms with Gasteiger partial charge < -0.3 is 5.32 Å². The number of allylic oxidation sites excluding steroid dienone is 2. The minimum absolute atomic E-state index is 0.142. The number of rotatable bonds is 4. The first-order valence-corrected chi connectivity index (χ1v) is 13.2. The molecule has 0 spiro atoms. The fourth-order valence-electron chi connectivity index (χ4n) is 4.42. The molecule has 33 heavy (non-hydrogen) atoms. The largest absolute Gasteiger partial charge is 0.322 e. The molecule has 2 fully saturated rings. The molecule has 6 nitrogen and oxygen atoms in total. The number of hydrazine groups is 1. The number of thioether (sulfide) groups is 2. The van der Waals surface area contributed by atoms with E-state index in [-0.39, 0.29) is 29.6 Å². The fraction of sp³-hybridized carbons (Fsp3) is 0.320. The molecule has 2 unspecified atom stereocenters. The number of fused-ring (bicyclic) bond motifs is 1. The first-order chi connectivity index (χ1) is 16.1. The minimum atomic E-state index is -0.362. The lowest BCUT2D eigenvalue weighted by Gasteiger charge is -2.38. The Hall–Kier alpha value is -2.71. The number of amides is 3. The van der Waals surface area contributed by atoms with Crippen molar-refractivity contribution in [3.8, 4) is 0 Å². The van der Waals surface area contributed by atoms with E-state index in [4.69, 9.17) is 0 Å². The Balaban J connectivity index is 1.32. The summed E-state index contributed by atoms with van der Waals surface area (Å²) in [4.78, 5) is 38.6. The van der Waals surface area contributed by atoms with E-state index in [0.717, 1.165) is 17.2 Å². The van der Waals surface area contributed by atoms with Gasteiger partial charge in [-0.1, -0.05) is 30.4 Å². The molecule has 1 aliphatic carbocycles. The minimum Gasteiger partial charge on any atom is -0.322 e. The third-order valence-corrected chi connectivity index (χ3v) is 9.15. The molecule has 170 valence electrons. The van der Waals surface area contributed by atoms with Crippen molar-refractivity contribution >= 4 is 52.6 Å². The molecule has 2 heterocycles. The zero-order chi connectivity index (χ0) is 22.8. The van der Waals surface area contributed by atoms with E-state index in [1.165, 1.54) is 17.0 Å². The molecule has 2 N–H and O–H groups in total. The van der Waals surface area contributed by atoms with E-state index in [9.17, 15) is 14.4 Å². The van der Waals surface area contributed by atoms with E-state index >= 15 is 0 Å². The van der Waals surface area contributed by atoms with Crippen molar-refractivity contribution in [2.24, 2.45) is 11.8 Å². The van der Waals surface area contributed by atoms with Crippen LogP contribution in [0, 0.1) is 11.8 Å². The fourth-order valence-corrected chi connectivity index (χ4v) is 7.29. The molecule has 0 bridgehead atoms. The van der Waals surface area contributed by atoms with Crippen molar-refractivity contribution in [1.82, 2.24) is 5.43 Å². The predicted molar refractivity (Wildman–Crippen MR) is 134 cm³/mol. The topological polar surface area (TPSA) is 78.5 Å². The number of anilines is 2. The van der Waals surface area contributed by atoms with Crippen LogP contribution in [0.4, 0.5) is 11.4 Å². The number of nitrogens with one attached hydrogen (secondary N) is 2. The summed E-state index contributed by atoms with van der Waals surface area (Å²) in [5.41, 5.74) is 5.57. The Bertz CT molecular complexity index is 1110. The van der Waals surface area contributed by atoms with Gasteiger partial charge in [0.05, 0.1) is 22.1 Å². The third kappa shape index (κ3) is 4.68. The second-order valence-electron chi connectivity index (χ2n) is 8.36. The summed E-state index contributed by atoms with van der Waals surface area (Å²) in [5.74, 6) is 1.07. The maximum atomic E-state index is 13.0. The first-order valence-electron chi connectivity index (χ1n) is 11.1. The lowest BCUT2D eigenvalue weighted by molar-refractivity contribution is -0.139. The van der Waals surface area contributed by atoms with Gasteiger partial charge in [0.1, 0.15) is 0 Å². The van der Waals surface area contributed by atoms with Crippen LogP contribution < -0.4 is 15.8 Å². The normalized spacial score (nSPS) is 23.1. The maximum absolute atomic E-state index is 13.0. The number of nitrogens with zero attached hydrogens (tertiary/aromatic N) is 1. The van der Waals surface area contributed by atoms with Crippen LogP contribution in [0.5, 0.6) is 0 Å². The smallest absolute Gasteiger partial charge is 0.255 e. The summed E-state index contributed by atoms with van der Waals surface area (Å²) in [7, 11) is 0. The molecule has 3 amide bonds. The molecule has 8 heteroatoms. The highest BCUT2D eigenvalue weighted by atomic mass is 32.2. The van der Waals surface area contributed by atoms with Gasteiger partial charge >= 0.3 is 0 Å². The Morgan fingerprint density at radius 3 is 2.55 bits per heavy atom. The summed E-state index contributed by atoms with van der Waals surface area (Å²) in [5, 5.41) is 4.27. The average molecular weight is 480 g/mol. The second kappa shape index (κ2) is 9.65. The van der Waals surface area contributed by atoms with Gasteiger partial charge in [0.15, 0.2) is 0 Å². The monoisotopic (exact) mass is 479 g/mol. The Kier molecular flexibility index (Phi) is 6.46. The van der Waals surface area contributed by atoms with Gasteiger partial charge in [-0.3, -0.25) is 19.8 Å². The van der Waals surface area contributed by atoms with Crippen molar-refractivity contribution in [3.63, 3.8) is 0 Å². The molecule has 2 atom stereocenters. The van der Waals surface area contributed by atoms with Crippen molar-refractivity contribution < 1.29 is 14.4 Å². The molecule has 0 radical (unpaired) electrons. The van der Waals surface area contributed by atoms with Crippen molar-refractivity contribution in [3.05, 3.63) is 71.8 Å². The van der Waals surface area contributed by atoms with Gasteiger partial charge in [0, 0.05) is 11.3 Å². The van der Waals surface area contributed by atoms with Crippen LogP contribution in [0.2, 0.25) is 0 Å². The zero-order valence-electron chi connectivity index (χ0n) is 18.0. The number of hydrogen-bond acceptors (Lipinski definition) is 5. The van der Waals surface area contributed by atoms with Crippen LogP contribution in [0.25, 0.3) is 0 Å². The van der Waals surface area contributed by atoms with Gasteiger partial charge in [-0.25, -0.2) is 5.01 Å². The molecule has 0 saturated carbocycles. The van der Waals surface area contributed by atoms with Gasteiger partial charge in [-0.05, 0) is 66.7 Å². The van der Waals surface area contributed by atoms with Crippen LogP contribution >= 0.6 is 23.5 Å². The standard InChI is InChI=1S/C25H25N3O3S2/c29-22(26-18-8-3-7-17(14-18)25-32-12-5-13-33-25)16-6-4-9-19(15-16)28-24(31)21-11-2-1-10-20(21)23(30)27-28/h1-4,6-9,14-15,20-21,25H,5,10-13H2,(H,26,29)(H,27,30). The number of hydrogen-bond donors (Lipinski definition) is 2. The van der Waals surface area contributed by atoms with Gasteiger partial charge in [-0.15, -0.1) is 23.5 Å². The Labute approximate surface area is 201 Å². The second-order valence-corrected chi connectivity index (χ2v) is 11.1. The average Bonchev–Trinajstić information content (AvgIpc) is 2.87. The van der Waals surface area contributed by atoms with E-state index in [1.54, 1.807) is 24.3 Å².